The Bertz CT molecular complexity index is 1260. The molecule has 0 saturated carbocycles. The Morgan fingerprint density at radius 3 is 2.64 bits per heavy atom. The molecule has 3 aliphatic rings. The van der Waals surface area contributed by atoms with Gasteiger partial charge in [-0.25, -0.2) is 14.1 Å². The topological polar surface area (TPSA) is 73.5 Å². The predicted molar refractivity (Wildman–Crippen MR) is 154 cm³/mol. The fourth-order valence-electron chi connectivity index (χ4n) is 6.85. The molecule has 0 unspecified atom stereocenters. The maximum absolute atomic E-state index is 15.5. The molecule has 2 saturated heterocycles. The van der Waals surface area contributed by atoms with Crippen LogP contribution < -0.4 is 20.9 Å². The first-order valence-corrected chi connectivity index (χ1v) is 14.6. The minimum Gasteiger partial charge on any atom is -0.337 e. The number of fused-ring (bicyclic) bond motifs is 2. The maximum atomic E-state index is 15.5. The standard InChI is InChI=1S/C30H37Cl2FN4O2/c1-29(2,3)16-19-17-36-26(21-5-4-6-23(32)25(21)33)30(19)22-8-7-20(31)15-24(22)37(27(30)38)28(39)35-14-11-18-9-12-34-13-10-18/h4-8,15,18-19,26,34,36H,9-14,16-17H2,1-3H3,(H,35,39)/t19-,26-,30+/m1/s1. The largest absolute Gasteiger partial charge is 0.337 e. The number of hydrogen-bond donors (Lipinski definition) is 3. The van der Waals surface area contributed by atoms with E-state index < -0.39 is 23.3 Å². The molecule has 0 aliphatic carbocycles. The lowest BCUT2D eigenvalue weighted by Crippen LogP contribution is -2.52. The molecule has 6 nitrogen and oxygen atoms in total. The quantitative estimate of drug-likeness (QED) is 0.396. The van der Waals surface area contributed by atoms with E-state index in [0.29, 0.717) is 47.3 Å². The minimum atomic E-state index is -1.20. The summed E-state index contributed by atoms with van der Waals surface area (Å²) in [6, 6.07) is 8.94. The van der Waals surface area contributed by atoms with Gasteiger partial charge in [0, 0.05) is 23.7 Å². The Hall–Kier alpha value is -2.19. The van der Waals surface area contributed by atoms with Crippen LogP contribution in [0, 0.1) is 23.1 Å². The number of piperidine rings is 1. The summed E-state index contributed by atoms with van der Waals surface area (Å²) < 4.78 is 15.5. The van der Waals surface area contributed by atoms with E-state index in [0.717, 1.165) is 32.4 Å². The average molecular weight is 576 g/mol. The fraction of sp³-hybridized carbons (Fsp3) is 0.533. The Balaban J connectivity index is 1.56. The van der Waals surface area contributed by atoms with Crippen molar-refractivity contribution in [3.8, 4) is 0 Å². The van der Waals surface area contributed by atoms with Gasteiger partial charge < -0.3 is 16.0 Å². The Labute approximate surface area is 240 Å². The monoisotopic (exact) mass is 574 g/mol. The molecule has 5 rings (SSSR count). The van der Waals surface area contributed by atoms with Crippen LogP contribution in [0.25, 0.3) is 0 Å². The Kier molecular flexibility index (Phi) is 7.99. The molecule has 210 valence electrons. The van der Waals surface area contributed by atoms with Crippen molar-refractivity contribution in [2.24, 2.45) is 17.3 Å². The normalized spacial score (nSPS) is 25.4. The van der Waals surface area contributed by atoms with Gasteiger partial charge in [-0.2, -0.15) is 0 Å². The molecule has 2 aromatic carbocycles. The number of nitrogens with zero attached hydrogens (tertiary/aromatic N) is 1. The summed E-state index contributed by atoms with van der Waals surface area (Å²) >= 11 is 12.6. The summed E-state index contributed by atoms with van der Waals surface area (Å²) in [6.45, 7) is 9.33. The van der Waals surface area contributed by atoms with E-state index in [1.54, 1.807) is 24.3 Å². The van der Waals surface area contributed by atoms with Gasteiger partial charge in [0.2, 0.25) is 5.91 Å². The molecule has 3 N–H and O–H groups in total. The number of hydrogen-bond acceptors (Lipinski definition) is 4. The van der Waals surface area contributed by atoms with Crippen LogP contribution in [0.15, 0.2) is 36.4 Å². The van der Waals surface area contributed by atoms with Crippen molar-refractivity contribution in [2.75, 3.05) is 31.1 Å². The van der Waals surface area contributed by atoms with Crippen LogP contribution in [-0.4, -0.2) is 38.1 Å². The van der Waals surface area contributed by atoms with Crippen LogP contribution in [0.3, 0.4) is 0 Å². The van der Waals surface area contributed by atoms with Crippen molar-refractivity contribution >= 4 is 40.8 Å². The molecule has 1 spiro atoms. The van der Waals surface area contributed by atoms with Crippen molar-refractivity contribution in [3.05, 3.63) is 63.4 Å². The smallest absolute Gasteiger partial charge is 0.328 e. The highest BCUT2D eigenvalue weighted by molar-refractivity contribution is 6.32. The molecule has 2 fully saturated rings. The second-order valence-electron chi connectivity index (χ2n) is 12.3. The van der Waals surface area contributed by atoms with Crippen molar-refractivity contribution in [1.82, 2.24) is 16.0 Å². The summed E-state index contributed by atoms with van der Waals surface area (Å²) in [7, 11) is 0. The first-order valence-electron chi connectivity index (χ1n) is 13.8. The number of urea groups is 1. The molecule has 9 heteroatoms. The van der Waals surface area contributed by atoms with Crippen LogP contribution in [-0.2, 0) is 10.2 Å². The zero-order valence-corrected chi connectivity index (χ0v) is 24.3. The van der Waals surface area contributed by atoms with E-state index in [9.17, 15) is 9.59 Å². The number of anilines is 1. The lowest BCUT2D eigenvalue weighted by molar-refractivity contribution is -0.124. The molecule has 0 aromatic heterocycles. The van der Waals surface area contributed by atoms with Crippen LogP contribution in [0.2, 0.25) is 10.0 Å². The van der Waals surface area contributed by atoms with E-state index in [-0.39, 0.29) is 22.3 Å². The summed E-state index contributed by atoms with van der Waals surface area (Å²) in [5, 5.41) is 10.2. The lowest BCUT2D eigenvalue weighted by atomic mass is 9.63. The van der Waals surface area contributed by atoms with E-state index in [2.05, 4.69) is 36.7 Å². The number of carbonyl (C=O) groups is 2. The zero-order valence-electron chi connectivity index (χ0n) is 22.8. The fourth-order valence-corrected chi connectivity index (χ4v) is 7.19. The number of carbonyl (C=O) groups excluding carboxylic acids is 2. The van der Waals surface area contributed by atoms with E-state index in [1.165, 1.54) is 11.0 Å². The van der Waals surface area contributed by atoms with Crippen molar-refractivity contribution in [1.29, 1.82) is 0 Å². The third kappa shape index (κ3) is 5.19. The van der Waals surface area contributed by atoms with Crippen molar-refractivity contribution in [2.45, 2.75) is 57.9 Å². The average Bonchev–Trinajstić information content (AvgIpc) is 3.36. The summed E-state index contributed by atoms with van der Waals surface area (Å²) in [6.07, 6.45) is 3.70. The highest BCUT2D eigenvalue weighted by atomic mass is 35.5. The molecule has 0 radical (unpaired) electrons. The van der Waals surface area contributed by atoms with Gasteiger partial charge in [0.15, 0.2) is 0 Å². The number of amides is 3. The molecule has 3 atom stereocenters. The predicted octanol–water partition coefficient (Wildman–Crippen LogP) is 6.21. The summed E-state index contributed by atoms with van der Waals surface area (Å²) in [5.74, 6) is -0.566. The van der Waals surface area contributed by atoms with Gasteiger partial charge in [-0.05, 0) is 79.8 Å². The second kappa shape index (κ2) is 11.0. The van der Waals surface area contributed by atoms with Gasteiger partial charge in [-0.1, -0.05) is 62.2 Å². The third-order valence-corrected chi connectivity index (χ3v) is 9.04. The molecule has 3 heterocycles. The second-order valence-corrected chi connectivity index (χ2v) is 13.2. The summed E-state index contributed by atoms with van der Waals surface area (Å²) in [5.41, 5.74) is 0.154. The third-order valence-electron chi connectivity index (χ3n) is 8.51. The molecular formula is C30H37Cl2FN4O2. The van der Waals surface area contributed by atoms with E-state index >= 15 is 4.39 Å². The number of halogens is 3. The number of imide groups is 1. The van der Waals surface area contributed by atoms with Crippen molar-refractivity contribution < 1.29 is 14.0 Å². The van der Waals surface area contributed by atoms with Crippen LogP contribution in [0.4, 0.5) is 14.9 Å². The maximum Gasteiger partial charge on any atom is 0.328 e. The Morgan fingerprint density at radius 2 is 1.92 bits per heavy atom. The molecular weight excluding hydrogens is 538 g/mol. The van der Waals surface area contributed by atoms with Gasteiger partial charge in [0.05, 0.1) is 16.8 Å². The van der Waals surface area contributed by atoms with Gasteiger partial charge in [0.1, 0.15) is 11.2 Å². The van der Waals surface area contributed by atoms with E-state index in [1.807, 2.05) is 6.07 Å². The van der Waals surface area contributed by atoms with Crippen LogP contribution >= 0.6 is 23.2 Å². The van der Waals surface area contributed by atoms with Gasteiger partial charge in [0.25, 0.3) is 0 Å². The van der Waals surface area contributed by atoms with Gasteiger partial charge in [-0.15, -0.1) is 0 Å². The summed E-state index contributed by atoms with van der Waals surface area (Å²) in [4.78, 5) is 29.6. The van der Waals surface area contributed by atoms with Crippen LogP contribution in [0.5, 0.6) is 0 Å². The lowest BCUT2D eigenvalue weighted by Gasteiger charge is -2.38. The van der Waals surface area contributed by atoms with Crippen molar-refractivity contribution in [3.63, 3.8) is 0 Å². The number of rotatable bonds is 5. The molecule has 3 amide bonds. The first-order chi connectivity index (χ1) is 18.5. The molecule has 39 heavy (non-hydrogen) atoms. The Morgan fingerprint density at radius 1 is 1.18 bits per heavy atom. The number of benzene rings is 2. The van der Waals surface area contributed by atoms with Crippen LogP contribution in [0.1, 0.15) is 63.6 Å². The highest BCUT2D eigenvalue weighted by Gasteiger charge is 2.64. The number of nitrogens with one attached hydrogen (secondary N) is 3. The molecule has 2 aromatic rings. The highest BCUT2D eigenvalue weighted by Crippen LogP contribution is 2.58. The zero-order chi connectivity index (χ0) is 27.9. The van der Waals surface area contributed by atoms with Gasteiger partial charge >= 0.3 is 6.03 Å². The SMILES string of the molecule is CC(C)(C)C[C@@H]1CN[C@H](c2cccc(Cl)c2F)[C@]12C(=O)N(C(=O)NCCC1CCNCC1)c1cc(Cl)ccc12. The van der Waals surface area contributed by atoms with E-state index in [4.69, 9.17) is 23.2 Å². The first kappa shape index (κ1) is 28.3. The van der Waals surface area contributed by atoms with Gasteiger partial charge in [-0.3, -0.25) is 4.79 Å². The molecule has 0 bridgehead atoms. The minimum absolute atomic E-state index is 0.00184. The molecule has 3 aliphatic heterocycles.